The molecule has 1 fully saturated rings. The number of likely N-dealkylation sites (tertiary alicyclic amines) is 1. The summed E-state index contributed by atoms with van der Waals surface area (Å²) >= 11 is 1.39. The lowest BCUT2D eigenvalue weighted by molar-refractivity contribution is -0.153. The van der Waals surface area contributed by atoms with Crippen molar-refractivity contribution >= 4 is 23.2 Å². The molecule has 1 saturated heterocycles. The molecule has 0 spiro atoms. The number of amides is 2. The molecule has 0 radical (unpaired) electrons. The summed E-state index contributed by atoms with van der Waals surface area (Å²) in [7, 11) is 0. The van der Waals surface area contributed by atoms with Gasteiger partial charge in [-0.1, -0.05) is 36.4 Å². The molecule has 3 heterocycles. The van der Waals surface area contributed by atoms with Crippen molar-refractivity contribution < 1.29 is 19.8 Å². The zero-order valence-corrected chi connectivity index (χ0v) is 18.8. The normalized spacial score (nSPS) is 17.5. The van der Waals surface area contributed by atoms with Crippen molar-refractivity contribution in [3.05, 3.63) is 82.1 Å². The zero-order chi connectivity index (χ0) is 23.2. The summed E-state index contributed by atoms with van der Waals surface area (Å²) in [4.78, 5) is 35.4. The van der Waals surface area contributed by atoms with Crippen LogP contribution < -0.4 is 5.32 Å². The minimum absolute atomic E-state index is 0.102. The number of benzene rings is 1. The van der Waals surface area contributed by atoms with Crippen molar-refractivity contribution in [2.75, 3.05) is 6.54 Å². The Kier molecular flexibility index (Phi) is 7.43. The van der Waals surface area contributed by atoms with Gasteiger partial charge in [-0.05, 0) is 30.0 Å². The zero-order valence-electron chi connectivity index (χ0n) is 18.0. The van der Waals surface area contributed by atoms with Gasteiger partial charge in [-0.15, -0.1) is 11.3 Å². The van der Waals surface area contributed by atoms with Gasteiger partial charge in [0.05, 0.1) is 18.3 Å². The van der Waals surface area contributed by atoms with Gasteiger partial charge in [0.25, 0.3) is 11.8 Å². The van der Waals surface area contributed by atoms with Gasteiger partial charge in [-0.25, -0.2) is 4.98 Å². The average molecular weight is 467 g/mol. The number of carbonyl (C=O) groups excluding carboxylic acids is 2. The van der Waals surface area contributed by atoms with Crippen LogP contribution in [0.25, 0.3) is 0 Å². The van der Waals surface area contributed by atoms with Gasteiger partial charge in [-0.3, -0.25) is 14.6 Å². The van der Waals surface area contributed by atoms with E-state index in [1.165, 1.54) is 11.3 Å². The summed E-state index contributed by atoms with van der Waals surface area (Å²) in [5.41, 5.74) is 2.86. The number of pyridine rings is 1. The third-order valence-corrected chi connectivity index (χ3v) is 6.56. The van der Waals surface area contributed by atoms with E-state index >= 15 is 0 Å². The van der Waals surface area contributed by atoms with Crippen LogP contribution in [-0.2, 0) is 22.6 Å². The molecule has 1 aliphatic heterocycles. The second kappa shape index (κ2) is 10.7. The van der Waals surface area contributed by atoms with Gasteiger partial charge in [0.2, 0.25) is 0 Å². The molecule has 2 aromatic heterocycles. The fourth-order valence-electron chi connectivity index (χ4n) is 3.99. The van der Waals surface area contributed by atoms with Gasteiger partial charge in [-0.2, -0.15) is 0 Å². The van der Waals surface area contributed by atoms with Crippen LogP contribution in [0.3, 0.4) is 0 Å². The molecule has 3 N–H and O–H groups in total. The fraction of sp³-hybridized carbons (Fsp3) is 0.333. The number of nitrogens with one attached hydrogen (secondary N) is 1. The van der Waals surface area contributed by atoms with E-state index in [1.807, 2.05) is 47.8 Å². The Labute approximate surface area is 195 Å². The predicted molar refractivity (Wildman–Crippen MR) is 123 cm³/mol. The summed E-state index contributed by atoms with van der Waals surface area (Å²) in [6, 6.07) is 13.2. The molecule has 3 aromatic rings. The summed E-state index contributed by atoms with van der Waals surface area (Å²) in [6.07, 6.45) is 2.00. The van der Waals surface area contributed by atoms with Crippen molar-refractivity contribution in [1.82, 2.24) is 20.2 Å². The second-order valence-corrected chi connectivity index (χ2v) is 8.92. The number of aliphatic hydroxyl groups excluding tert-OH is 2. The van der Waals surface area contributed by atoms with Crippen LogP contribution in [0, 0.1) is 0 Å². The summed E-state index contributed by atoms with van der Waals surface area (Å²) < 4.78 is 0. The number of hydrogen-bond acceptors (Lipinski definition) is 7. The van der Waals surface area contributed by atoms with Crippen LogP contribution in [0.2, 0.25) is 0 Å². The third kappa shape index (κ3) is 5.62. The Hall–Kier alpha value is -3.14. The Morgan fingerprint density at radius 3 is 2.73 bits per heavy atom. The maximum absolute atomic E-state index is 12.8. The number of hydrogen-bond donors (Lipinski definition) is 3. The van der Waals surface area contributed by atoms with E-state index in [0.717, 1.165) is 29.7 Å². The van der Waals surface area contributed by atoms with E-state index in [1.54, 1.807) is 17.3 Å². The molecule has 4 rings (SSSR count). The molecule has 0 bridgehead atoms. The molecular weight excluding hydrogens is 440 g/mol. The molecule has 172 valence electrons. The van der Waals surface area contributed by atoms with Crippen molar-refractivity contribution in [2.24, 2.45) is 0 Å². The quantitative estimate of drug-likeness (QED) is 0.467. The molecular formula is C24H26N4O4S. The van der Waals surface area contributed by atoms with Gasteiger partial charge in [0.1, 0.15) is 5.01 Å². The summed E-state index contributed by atoms with van der Waals surface area (Å²) in [5, 5.41) is 25.9. The molecule has 8 nitrogen and oxygen atoms in total. The highest BCUT2D eigenvalue weighted by atomic mass is 32.1. The molecule has 2 amide bonds. The lowest BCUT2D eigenvalue weighted by atomic mass is 10.0. The second-order valence-electron chi connectivity index (χ2n) is 7.98. The molecule has 33 heavy (non-hydrogen) atoms. The highest BCUT2D eigenvalue weighted by Crippen LogP contribution is 2.32. The summed E-state index contributed by atoms with van der Waals surface area (Å²) in [5.74, 6) is -1.45. The smallest absolute Gasteiger partial charge is 0.255 e. The van der Waals surface area contributed by atoms with Gasteiger partial charge in [0, 0.05) is 30.7 Å². The maximum Gasteiger partial charge on any atom is 0.255 e. The fourth-order valence-corrected chi connectivity index (χ4v) is 4.72. The van der Waals surface area contributed by atoms with Crippen LogP contribution in [0.1, 0.15) is 40.7 Å². The topological polar surface area (TPSA) is 116 Å². The maximum atomic E-state index is 12.8. The van der Waals surface area contributed by atoms with Crippen molar-refractivity contribution in [3.63, 3.8) is 0 Å². The first-order valence-corrected chi connectivity index (χ1v) is 11.7. The summed E-state index contributed by atoms with van der Waals surface area (Å²) in [6.45, 7) is 0.577. The lowest BCUT2D eigenvalue weighted by Crippen LogP contribution is -2.50. The van der Waals surface area contributed by atoms with E-state index in [-0.39, 0.29) is 12.6 Å². The first-order valence-electron chi connectivity index (χ1n) is 10.8. The van der Waals surface area contributed by atoms with Crippen molar-refractivity contribution in [1.29, 1.82) is 0 Å². The van der Waals surface area contributed by atoms with Crippen molar-refractivity contribution in [3.8, 4) is 0 Å². The first kappa shape index (κ1) is 23.0. The van der Waals surface area contributed by atoms with E-state index in [2.05, 4.69) is 15.3 Å². The Bertz CT molecular complexity index is 1080. The first-order chi connectivity index (χ1) is 16.0. The highest BCUT2D eigenvalue weighted by Gasteiger charge is 2.38. The Morgan fingerprint density at radius 2 is 1.97 bits per heavy atom. The van der Waals surface area contributed by atoms with Crippen LogP contribution in [-0.4, -0.2) is 55.6 Å². The standard InChI is InChI=1S/C24H26N4O4S/c29-21(22(30)24(32)28-11-5-9-19(28)17-7-2-1-3-8-17)23(31)26-14-20-27-18(15-33-20)12-16-6-4-10-25-13-16/h1-4,6-8,10,13,15,19,21-22,29-30H,5,9,11-12,14H2,(H,26,31)/t19?,21-,22-/m1/s1. The third-order valence-electron chi connectivity index (χ3n) is 5.66. The molecule has 1 aromatic carbocycles. The molecule has 0 aliphatic carbocycles. The van der Waals surface area contributed by atoms with E-state index < -0.39 is 24.0 Å². The number of nitrogens with zero attached hydrogens (tertiary/aromatic N) is 3. The van der Waals surface area contributed by atoms with Crippen LogP contribution >= 0.6 is 11.3 Å². The monoisotopic (exact) mass is 466 g/mol. The highest BCUT2D eigenvalue weighted by molar-refractivity contribution is 7.09. The number of thiazole rings is 1. The molecule has 3 atom stereocenters. The van der Waals surface area contributed by atoms with E-state index in [0.29, 0.717) is 18.0 Å². The largest absolute Gasteiger partial charge is 0.380 e. The molecule has 1 unspecified atom stereocenters. The number of aliphatic hydroxyl groups is 2. The van der Waals surface area contributed by atoms with Gasteiger partial charge < -0.3 is 20.4 Å². The Morgan fingerprint density at radius 1 is 1.15 bits per heavy atom. The minimum atomic E-state index is -1.86. The van der Waals surface area contributed by atoms with Crippen LogP contribution in [0.4, 0.5) is 0 Å². The predicted octanol–water partition coefficient (Wildman–Crippen LogP) is 1.83. The number of aromatic nitrogens is 2. The van der Waals surface area contributed by atoms with Crippen molar-refractivity contribution in [2.45, 2.75) is 44.1 Å². The van der Waals surface area contributed by atoms with E-state index in [9.17, 15) is 19.8 Å². The molecule has 0 saturated carbocycles. The van der Waals surface area contributed by atoms with Crippen LogP contribution in [0.15, 0.2) is 60.2 Å². The SMILES string of the molecule is O=C(NCc1nc(Cc2cccnc2)cs1)[C@H](O)[C@@H](O)C(=O)N1CCCC1c1ccccc1. The minimum Gasteiger partial charge on any atom is -0.380 e. The lowest BCUT2D eigenvalue weighted by Gasteiger charge is -2.28. The average Bonchev–Trinajstić information content (AvgIpc) is 3.52. The Balaban J connectivity index is 1.31. The van der Waals surface area contributed by atoms with Gasteiger partial charge in [0.15, 0.2) is 12.2 Å². The van der Waals surface area contributed by atoms with Crippen LogP contribution in [0.5, 0.6) is 0 Å². The molecule has 9 heteroatoms. The number of rotatable bonds is 8. The number of carbonyl (C=O) groups is 2. The molecule has 1 aliphatic rings. The van der Waals surface area contributed by atoms with E-state index in [4.69, 9.17) is 0 Å². The van der Waals surface area contributed by atoms with Gasteiger partial charge >= 0.3 is 0 Å².